The smallest absolute Gasteiger partial charge is 0.255 e. The average molecular weight is 444 g/mol. The molecule has 0 aliphatic heterocycles. The Hall–Kier alpha value is -3.21. The zero-order valence-electron chi connectivity index (χ0n) is 17.6. The van der Waals surface area contributed by atoms with Crippen LogP contribution in [0.1, 0.15) is 28.8 Å². The zero-order valence-corrected chi connectivity index (χ0v) is 17.6. The summed E-state index contributed by atoms with van der Waals surface area (Å²) >= 11 is 0. The molecule has 3 aliphatic carbocycles. The molecule has 1 amide bonds. The Balaban J connectivity index is 2.06. The van der Waals surface area contributed by atoms with Gasteiger partial charge in [0.1, 0.15) is 22.8 Å². The van der Waals surface area contributed by atoms with E-state index < -0.39 is 75.6 Å². The number of carbonyl (C=O) groups excluding carboxylic acids is 3. The van der Waals surface area contributed by atoms with E-state index in [-0.39, 0.29) is 11.3 Å². The molecule has 10 nitrogen and oxygen atoms in total. The number of aliphatic hydroxyl groups excluding tert-OH is 3. The van der Waals surface area contributed by atoms with Gasteiger partial charge in [-0.2, -0.15) is 0 Å². The molecule has 0 aromatic heterocycles. The van der Waals surface area contributed by atoms with Crippen molar-refractivity contribution in [2.24, 2.45) is 17.6 Å². The number of ketones is 2. The number of hydrogen-bond donors (Lipinski definition) is 6. The van der Waals surface area contributed by atoms with Crippen LogP contribution in [0.4, 0.5) is 0 Å². The third kappa shape index (κ3) is 2.48. The average Bonchev–Trinajstić information content (AvgIpc) is 2.70. The van der Waals surface area contributed by atoms with Gasteiger partial charge in [-0.05, 0) is 31.6 Å². The molecule has 3 aliphatic rings. The van der Waals surface area contributed by atoms with Gasteiger partial charge < -0.3 is 31.3 Å². The maximum Gasteiger partial charge on any atom is 0.255 e. The number of aliphatic hydroxyl groups is 4. The Morgan fingerprint density at radius 3 is 2.34 bits per heavy atom. The number of likely N-dealkylation sites (N-methyl/N-ethyl adjacent to an activating group) is 1. The number of rotatable bonds is 2. The first kappa shape index (κ1) is 22.0. The number of nitrogens with two attached hydrogens (primary N) is 1. The van der Waals surface area contributed by atoms with Crippen molar-refractivity contribution >= 4 is 17.5 Å². The molecule has 6 atom stereocenters. The fourth-order valence-corrected chi connectivity index (χ4v) is 5.58. The van der Waals surface area contributed by atoms with Crippen LogP contribution in [0.3, 0.4) is 0 Å². The first-order valence-electron chi connectivity index (χ1n) is 10.0. The van der Waals surface area contributed by atoms with Gasteiger partial charge in [0.25, 0.3) is 5.91 Å². The van der Waals surface area contributed by atoms with Gasteiger partial charge in [0.15, 0.2) is 11.4 Å². The molecule has 0 spiro atoms. The lowest BCUT2D eigenvalue weighted by Crippen LogP contribution is -2.68. The van der Waals surface area contributed by atoms with E-state index in [0.29, 0.717) is 5.56 Å². The molecule has 0 saturated carbocycles. The standard InChI is InChI=1S/C22H24N2O8/c1-7-8-5-4-6-9(25)11(8)16(26)12-10(7)17(27)14-15(24(2)3)18(28)13(21(23)31)20(30)22(14,32)19(12)29/h4-7,10,14-15,17,25,27-29,32H,1-3H3,(H2,23,31)/t7?,10?,14?,15-,17?,22-/m0/s1. The van der Waals surface area contributed by atoms with Crippen LogP contribution in [-0.4, -0.2) is 79.7 Å². The number of Topliss-reactive ketones (excluding diaryl/α,β-unsaturated/α-hetero) is 2. The van der Waals surface area contributed by atoms with Gasteiger partial charge in [-0.15, -0.1) is 0 Å². The molecule has 170 valence electrons. The van der Waals surface area contributed by atoms with Crippen molar-refractivity contribution in [1.82, 2.24) is 4.90 Å². The number of nitrogens with zero attached hydrogens (tertiary/aromatic N) is 1. The summed E-state index contributed by atoms with van der Waals surface area (Å²) in [7, 11) is 2.98. The summed E-state index contributed by atoms with van der Waals surface area (Å²) in [5.41, 5.74) is 1.36. The van der Waals surface area contributed by atoms with E-state index >= 15 is 0 Å². The van der Waals surface area contributed by atoms with Crippen LogP contribution >= 0.6 is 0 Å². The predicted octanol–water partition coefficient (Wildman–Crippen LogP) is -0.348. The van der Waals surface area contributed by atoms with E-state index in [9.17, 15) is 39.9 Å². The van der Waals surface area contributed by atoms with Gasteiger partial charge in [-0.25, -0.2) is 0 Å². The van der Waals surface area contributed by atoms with Crippen molar-refractivity contribution in [3.63, 3.8) is 0 Å². The van der Waals surface area contributed by atoms with Gasteiger partial charge in [0, 0.05) is 11.5 Å². The van der Waals surface area contributed by atoms with Crippen molar-refractivity contribution in [2.45, 2.75) is 30.6 Å². The van der Waals surface area contributed by atoms with Gasteiger partial charge in [-0.1, -0.05) is 19.1 Å². The van der Waals surface area contributed by atoms with Gasteiger partial charge in [0.05, 0.1) is 23.6 Å². The highest BCUT2D eigenvalue weighted by Crippen LogP contribution is 2.55. The highest BCUT2D eigenvalue weighted by atomic mass is 16.4. The van der Waals surface area contributed by atoms with Crippen LogP contribution < -0.4 is 5.73 Å². The Kier molecular flexibility index (Phi) is 4.74. The van der Waals surface area contributed by atoms with Gasteiger partial charge in [-0.3, -0.25) is 19.3 Å². The fraction of sp³-hybridized carbons (Fsp3) is 0.409. The minimum Gasteiger partial charge on any atom is -0.510 e. The number of aromatic hydroxyl groups is 1. The number of phenols is 1. The second kappa shape index (κ2) is 6.89. The number of phenolic OH excluding ortho intramolecular Hbond substituents is 1. The molecule has 1 aromatic carbocycles. The normalized spacial score (nSPS) is 34.4. The zero-order chi connectivity index (χ0) is 23.9. The third-order valence-corrected chi connectivity index (χ3v) is 7.00. The number of benzene rings is 1. The molecule has 10 heteroatoms. The fourth-order valence-electron chi connectivity index (χ4n) is 5.58. The van der Waals surface area contributed by atoms with Crippen molar-refractivity contribution in [2.75, 3.05) is 14.1 Å². The first-order chi connectivity index (χ1) is 14.9. The second-order valence-corrected chi connectivity index (χ2v) is 8.79. The molecule has 0 radical (unpaired) electrons. The molecule has 0 fully saturated rings. The van der Waals surface area contributed by atoms with Crippen molar-refractivity contribution < 1.29 is 39.9 Å². The molecular weight excluding hydrogens is 420 g/mol. The third-order valence-electron chi connectivity index (χ3n) is 7.00. The predicted molar refractivity (Wildman–Crippen MR) is 110 cm³/mol. The lowest BCUT2D eigenvalue weighted by Gasteiger charge is -2.53. The summed E-state index contributed by atoms with van der Waals surface area (Å²) in [6, 6.07) is 3.17. The number of amides is 1. The topological polar surface area (TPSA) is 182 Å². The molecule has 0 bridgehead atoms. The van der Waals surface area contributed by atoms with Crippen molar-refractivity contribution in [1.29, 1.82) is 0 Å². The Bertz CT molecular complexity index is 1140. The van der Waals surface area contributed by atoms with E-state index in [0.717, 1.165) is 0 Å². The SMILES string of the molecule is CC1c2cccc(O)c2C(=O)C2=C(O)[C@]3(O)C(=O)C(C(N)=O)=C(O)[C@@H](N(C)C)C3C(O)C21. The molecular formula is C22H24N2O8. The Morgan fingerprint density at radius 1 is 1.16 bits per heavy atom. The van der Waals surface area contributed by atoms with Crippen LogP contribution in [0.2, 0.25) is 0 Å². The number of carbonyl (C=O) groups is 3. The summed E-state index contributed by atoms with van der Waals surface area (Å²) in [5.74, 6) is -8.86. The van der Waals surface area contributed by atoms with E-state index in [4.69, 9.17) is 5.73 Å². The maximum absolute atomic E-state index is 13.3. The number of primary amides is 1. The largest absolute Gasteiger partial charge is 0.510 e. The summed E-state index contributed by atoms with van der Waals surface area (Å²) in [6.45, 7) is 1.68. The summed E-state index contributed by atoms with van der Waals surface area (Å²) in [6.07, 6.45) is -1.59. The van der Waals surface area contributed by atoms with Gasteiger partial charge >= 0.3 is 0 Å². The molecule has 4 rings (SSSR count). The van der Waals surface area contributed by atoms with E-state index in [1.165, 1.54) is 25.1 Å². The first-order valence-corrected chi connectivity index (χ1v) is 10.0. The lowest BCUT2D eigenvalue weighted by atomic mass is 9.55. The van der Waals surface area contributed by atoms with Crippen LogP contribution in [-0.2, 0) is 9.59 Å². The highest BCUT2D eigenvalue weighted by molar-refractivity contribution is 6.25. The number of fused-ring (bicyclic) bond motifs is 3. The molecule has 7 N–H and O–H groups in total. The minimum absolute atomic E-state index is 0.104. The molecule has 1 aromatic rings. The summed E-state index contributed by atoms with van der Waals surface area (Å²) in [5, 5.41) is 55.0. The highest BCUT2D eigenvalue weighted by Gasteiger charge is 2.67. The van der Waals surface area contributed by atoms with Crippen molar-refractivity contribution in [3.8, 4) is 5.75 Å². The summed E-state index contributed by atoms with van der Waals surface area (Å²) in [4.78, 5) is 39.8. The Labute approximate surface area is 182 Å². The van der Waals surface area contributed by atoms with E-state index in [1.54, 1.807) is 19.1 Å². The molecule has 0 saturated heterocycles. The van der Waals surface area contributed by atoms with Crippen LogP contribution in [0.25, 0.3) is 0 Å². The van der Waals surface area contributed by atoms with E-state index in [2.05, 4.69) is 0 Å². The quantitative estimate of drug-likeness (QED) is 0.332. The molecule has 4 unspecified atom stereocenters. The maximum atomic E-state index is 13.3. The Morgan fingerprint density at radius 2 is 1.78 bits per heavy atom. The van der Waals surface area contributed by atoms with E-state index in [1.807, 2.05) is 0 Å². The van der Waals surface area contributed by atoms with Crippen molar-refractivity contribution in [3.05, 3.63) is 52.0 Å². The molecule has 0 heterocycles. The van der Waals surface area contributed by atoms with Crippen LogP contribution in [0.5, 0.6) is 5.75 Å². The number of hydrogen-bond acceptors (Lipinski definition) is 9. The monoisotopic (exact) mass is 444 g/mol. The lowest BCUT2D eigenvalue weighted by molar-refractivity contribution is -0.162. The van der Waals surface area contributed by atoms with Crippen LogP contribution in [0.15, 0.2) is 40.9 Å². The van der Waals surface area contributed by atoms with Gasteiger partial charge in [0.2, 0.25) is 5.78 Å². The second-order valence-electron chi connectivity index (χ2n) is 8.79. The minimum atomic E-state index is -2.89. The molecule has 32 heavy (non-hydrogen) atoms. The van der Waals surface area contributed by atoms with Crippen LogP contribution in [0, 0.1) is 11.8 Å². The summed E-state index contributed by atoms with van der Waals surface area (Å²) < 4.78 is 0.